The summed E-state index contributed by atoms with van der Waals surface area (Å²) < 4.78 is 8.16. The molecule has 1 aliphatic carbocycles. The fourth-order valence-corrected chi connectivity index (χ4v) is 4.81. The summed E-state index contributed by atoms with van der Waals surface area (Å²) in [6, 6.07) is 22.2. The number of fused-ring (bicyclic) bond motifs is 2. The van der Waals surface area contributed by atoms with Gasteiger partial charge in [-0.2, -0.15) is 6.07 Å². The van der Waals surface area contributed by atoms with Crippen LogP contribution in [0.25, 0.3) is 16.8 Å². The van der Waals surface area contributed by atoms with Crippen molar-refractivity contribution in [3.8, 4) is 0 Å². The molecule has 0 bridgehead atoms. The van der Waals surface area contributed by atoms with E-state index in [1.54, 1.807) is 0 Å². The van der Waals surface area contributed by atoms with Crippen molar-refractivity contribution in [1.29, 1.82) is 0 Å². The molecule has 0 heterocycles. The molecule has 5 heteroatoms. The molecule has 0 N–H and O–H groups in total. The molecule has 1 nitrogen and oxygen atoms in total. The average molecular weight is 550 g/mol. The van der Waals surface area contributed by atoms with E-state index in [1.807, 2.05) is 6.92 Å². The number of benzene rings is 2. The third-order valence-electron chi connectivity index (χ3n) is 5.19. The Bertz CT molecular complexity index is 1000. The molecule has 0 radical (unpaired) electrons. The Morgan fingerprint density at radius 2 is 1.65 bits per heavy atom. The molecular formula is C26H31Cl2OSiZr-. The van der Waals surface area contributed by atoms with E-state index < -0.39 is 8.32 Å². The Hall–Kier alpha value is -0.700. The van der Waals surface area contributed by atoms with Crippen LogP contribution < -0.4 is 24.8 Å². The second kappa shape index (κ2) is 13.1. The van der Waals surface area contributed by atoms with Crippen molar-refractivity contribution < 1.29 is 53.5 Å². The summed E-state index contributed by atoms with van der Waals surface area (Å²) in [5.41, 5.74) is 5.80. The van der Waals surface area contributed by atoms with Crippen molar-refractivity contribution in [2.24, 2.45) is 0 Å². The van der Waals surface area contributed by atoms with Crippen LogP contribution in [0.1, 0.15) is 42.4 Å². The maximum absolute atomic E-state index is 6.07. The van der Waals surface area contributed by atoms with Gasteiger partial charge in [0.1, 0.15) is 0 Å². The summed E-state index contributed by atoms with van der Waals surface area (Å²) >= 11 is 1.51. The molecule has 1 unspecified atom stereocenters. The fourth-order valence-electron chi connectivity index (χ4n) is 4.05. The van der Waals surface area contributed by atoms with Crippen LogP contribution >= 0.6 is 0 Å². The first kappa shape index (κ1) is 28.3. The first-order valence-corrected chi connectivity index (χ1v) is 15.3. The van der Waals surface area contributed by atoms with Gasteiger partial charge in [0, 0.05) is 6.61 Å². The molecule has 4 rings (SSSR count). The Kier molecular flexibility index (Phi) is 12.0. The largest absolute Gasteiger partial charge is 1.00 e. The van der Waals surface area contributed by atoms with Crippen molar-refractivity contribution in [2.45, 2.75) is 45.3 Å². The minimum atomic E-state index is -1.42. The molecule has 0 amide bonds. The van der Waals surface area contributed by atoms with Crippen molar-refractivity contribution in [3.05, 3.63) is 82.9 Å². The van der Waals surface area contributed by atoms with E-state index in [0.717, 1.165) is 19.4 Å². The Morgan fingerprint density at radius 3 is 2.35 bits per heavy atom. The van der Waals surface area contributed by atoms with Crippen LogP contribution in [0, 0.1) is 0 Å². The minimum Gasteiger partial charge on any atom is -1.00 e. The average Bonchev–Trinajstić information content (AvgIpc) is 3.26. The topological polar surface area (TPSA) is 9.23 Å². The van der Waals surface area contributed by atoms with Crippen molar-refractivity contribution in [1.82, 2.24) is 0 Å². The number of halogens is 2. The molecule has 3 aromatic carbocycles. The summed E-state index contributed by atoms with van der Waals surface area (Å²) in [7, 11) is -1.42. The number of rotatable bonds is 6. The van der Waals surface area contributed by atoms with Crippen LogP contribution in [0.15, 0.2) is 66.2 Å². The van der Waals surface area contributed by atoms with E-state index in [9.17, 15) is 0 Å². The zero-order valence-electron chi connectivity index (χ0n) is 18.8. The van der Waals surface area contributed by atoms with E-state index in [0.29, 0.717) is 5.92 Å². The summed E-state index contributed by atoms with van der Waals surface area (Å²) in [6.45, 7) is 9.69. The molecule has 31 heavy (non-hydrogen) atoms. The van der Waals surface area contributed by atoms with Crippen molar-refractivity contribution >= 4 is 28.9 Å². The normalized spacial score (nSPS) is 14.5. The van der Waals surface area contributed by atoms with Gasteiger partial charge >= 0.3 is 34.9 Å². The van der Waals surface area contributed by atoms with Gasteiger partial charge in [0.2, 0.25) is 0 Å². The smallest absolute Gasteiger partial charge is 0.183 e. The van der Waals surface area contributed by atoms with Gasteiger partial charge in [-0.1, -0.05) is 42.0 Å². The summed E-state index contributed by atoms with van der Waals surface area (Å²) in [4.78, 5) is 0. The molecule has 0 saturated heterocycles. The quantitative estimate of drug-likeness (QED) is 0.254. The molecular weight excluding hydrogens is 519 g/mol. The van der Waals surface area contributed by atoms with E-state index in [4.69, 9.17) is 4.43 Å². The molecule has 1 atom stereocenters. The fraction of sp³-hybridized carbons (Fsp3) is 0.308. The Labute approximate surface area is 215 Å². The van der Waals surface area contributed by atoms with Gasteiger partial charge in [-0.25, -0.2) is 0 Å². The van der Waals surface area contributed by atoms with E-state index >= 15 is 0 Å². The van der Waals surface area contributed by atoms with E-state index in [-0.39, 0.29) is 24.8 Å². The van der Waals surface area contributed by atoms with Gasteiger partial charge in [-0.05, 0) is 49.5 Å². The van der Waals surface area contributed by atoms with Crippen LogP contribution in [0.3, 0.4) is 0 Å². The predicted octanol–water partition coefficient (Wildman–Crippen LogP) is 1.08. The molecule has 164 valence electrons. The van der Waals surface area contributed by atoms with Gasteiger partial charge < -0.3 is 29.2 Å². The maximum Gasteiger partial charge on any atom is 0.183 e. The summed E-state index contributed by atoms with van der Waals surface area (Å²) in [6.07, 6.45) is 4.61. The van der Waals surface area contributed by atoms with Crippen LogP contribution in [0.2, 0.25) is 19.6 Å². The second-order valence-corrected chi connectivity index (χ2v) is 14.4. The zero-order valence-corrected chi connectivity index (χ0v) is 23.8. The monoisotopic (exact) mass is 547 g/mol. The SMILES string of the molecule is C[CH]=[Zr+2].C[Si](C)(C)OCCCC1=Cc2ccccc2C1[c-]1ccc2ccccc21.[Cl-].[Cl-]. The Balaban J connectivity index is 0.000000910. The van der Waals surface area contributed by atoms with Gasteiger partial charge in [0.15, 0.2) is 8.32 Å². The third-order valence-corrected chi connectivity index (χ3v) is 6.26. The number of hydrogen-bond donors (Lipinski definition) is 0. The molecule has 1 aliphatic rings. The number of hydrogen-bond acceptors (Lipinski definition) is 1. The number of allylic oxidation sites excluding steroid dienone is 1. The summed E-state index contributed by atoms with van der Waals surface area (Å²) in [5, 5.41) is 2.73. The Morgan fingerprint density at radius 1 is 1.00 bits per heavy atom. The van der Waals surface area contributed by atoms with Crippen LogP contribution in [-0.2, 0) is 28.7 Å². The first-order valence-electron chi connectivity index (χ1n) is 10.5. The van der Waals surface area contributed by atoms with Gasteiger partial charge in [0.25, 0.3) is 0 Å². The maximum atomic E-state index is 6.07. The molecule has 0 fully saturated rings. The minimum absolute atomic E-state index is 0. The second-order valence-electron chi connectivity index (χ2n) is 8.51. The zero-order chi connectivity index (χ0) is 20.9. The molecule has 0 aliphatic heterocycles. The van der Waals surface area contributed by atoms with Crippen molar-refractivity contribution in [2.75, 3.05) is 6.61 Å². The van der Waals surface area contributed by atoms with E-state index in [1.165, 1.54) is 57.3 Å². The summed E-state index contributed by atoms with van der Waals surface area (Å²) in [5.74, 6) is 0.387. The van der Waals surface area contributed by atoms with Crippen LogP contribution in [-0.4, -0.2) is 18.6 Å². The van der Waals surface area contributed by atoms with Gasteiger partial charge in [0.05, 0.1) is 0 Å². The van der Waals surface area contributed by atoms with E-state index in [2.05, 4.69) is 90.1 Å². The van der Waals surface area contributed by atoms with Crippen LogP contribution in [0.4, 0.5) is 0 Å². The van der Waals surface area contributed by atoms with Crippen molar-refractivity contribution in [3.63, 3.8) is 0 Å². The standard InChI is InChI=1S/C24H27OSi.C2H4.2ClH.Zr/c1-26(2,3)25-16-8-11-20-17-19-10-5-7-13-22(19)24(20)23-15-14-18-9-4-6-12-21(18)23;1-2;;;/h4-7,9-10,12-15,17,24H,8,11,16H2,1-3H3;1H,2H3;2*1H;/q-1;;;;+2/p-2. The molecule has 0 spiro atoms. The molecule has 3 aromatic rings. The predicted molar refractivity (Wildman–Crippen MR) is 126 cm³/mol. The first-order chi connectivity index (χ1) is 13.9. The van der Waals surface area contributed by atoms with Gasteiger partial charge in [-0.15, -0.1) is 40.6 Å². The van der Waals surface area contributed by atoms with Gasteiger partial charge in [-0.3, -0.25) is 0 Å². The van der Waals surface area contributed by atoms with Crippen LogP contribution in [0.5, 0.6) is 0 Å². The molecule has 0 aromatic heterocycles. The molecule has 0 saturated carbocycles. The third kappa shape index (κ3) is 7.41.